The van der Waals surface area contributed by atoms with Crippen LogP contribution in [0, 0.1) is 0 Å². The lowest BCUT2D eigenvalue weighted by atomic mass is 10.2. The highest BCUT2D eigenvalue weighted by Crippen LogP contribution is 2.15. The van der Waals surface area contributed by atoms with Crippen LogP contribution in [-0.2, 0) is 18.4 Å². The number of hydrogen-bond donors (Lipinski definition) is 2. The number of nitrogens with one attached hydrogen (secondary N) is 2. The Kier molecular flexibility index (Phi) is 6.24. The summed E-state index contributed by atoms with van der Waals surface area (Å²) in [7, 11) is 3.51. The highest BCUT2D eigenvalue weighted by molar-refractivity contribution is 5.86. The highest BCUT2D eigenvalue weighted by Gasteiger charge is 2.21. The van der Waals surface area contributed by atoms with Gasteiger partial charge in [0.2, 0.25) is 5.91 Å². The van der Waals surface area contributed by atoms with Crippen LogP contribution in [0.2, 0.25) is 0 Å². The summed E-state index contributed by atoms with van der Waals surface area (Å²) in [5.74, 6) is 1.43. The van der Waals surface area contributed by atoms with Gasteiger partial charge < -0.3 is 20.4 Å². The summed E-state index contributed by atoms with van der Waals surface area (Å²) < 4.78 is 1.69. The molecule has 1 fully saturated rings. The number of amides is 1. The molecule has 1 aliphatic heterocycles. The quantitative estimate of drug-likeness (QED) is 0.561. The Bertz CT molecular complexity index is 765. The van der Waals surface area contributed by atoms with Gasteiger partial charge in [-0.3, -0.25) is 14.5 Å². The fraction of sp³-hybridized carbons (Fsp3) is 0.444. The van der Waals surface area contributed by atoms with Crippen LogP contribution in [0.25, 0.3) is 0 Å². The number of guanidine groups is 1. The molecule has 1 amide bonds. The fourth-order valence-electron chi connectivity index (χ4n) is 2.99. The molecule has 1 aliphatic rings. The predicted octanol–water partition coefficient (Wildman–Crippen LogP) is -0.171. The zero-order chi connectivity index (χ0) is 19.1. The number of carbonyl (C=O) groups excluding carboxylic acids is 1. The molecule has 2 N–H and O–H groups in total. The summed E-state index contributed by atoms with van der Waals surface area (Å²) in [6, 6.07) is 10.3. The van der Waals surface area contributed by atoms with Gasteiger partial charge in [0.1, 0.15) is 12.2 Å². The Morgan fingerprint density at radius 1 is 1.15 bits per heavy atom. The molecule has 9 nitrogen and oxygen atoms in total. The van der Waals surface area contributed by atoms with Crippen LogP contribution in [0.5, 0.6) is 0 Å². The second kappa shape index (κ2) is 9.02. The average molecular weight is 370 g/mol. The van der Waals surface area contributed by atoms with Gasteiger partial charge in [-0.05, 0) is 12.1 Å². The molecule has 0 radical (unpaired) electrons. The molecule has 1 aromatic carbocycles. The van der Waals surface area contributed by atoms with Crippen molar-refractivity contribution in [2.24, 2.45) is 12.0 Å². The SMILES string of the molecule is CN=C(NCC(=O)N1CCN(c2ccccc2)CC1)NCc1ncnn1C. The molecule has 0 unspecified atom stereocenters. The number of hydrogen-bond acceptors (Lipinski definition) is 5. The minimum atomic E-state index is 0.0734. The molecule has 9 heteroatoms. The predicted molar refractivity (Wildman–Crippen MR) is 104 cm³/mol. The standard InChI is InChI=1S/C18H26N8O/c1-19-18(20-12-16-22-14-23-24(16)2)21-13-17(27)26-10-8-25(9-11-26)15-6-4-3-5-7-15/h3-7,14H,8-13H2,1-2H3,(H2,19,20,21). The minimum Gasteiger partial charge on any atom is -0.368 e. The number of aliphatic imine (C=N–C) groups is 1. The third kappa shape index (κ3) is 4.96. The first-order chi connectivity index (χ1) is 13.2. The Balaban J connectivity index is 1.42. The summed E-state index contributed by atoms with van der Waals surface area (Å²) in [5.41, 5.74) is 1.20. The van der Waals surface area contributed by atoms with Crippen molar-refractivity contribution < 1.29 is 4.79 Å². The number of aryl methyl sites for hydroxylation is 1. The Hall–Kier alpha value is -3.10. The van der Waals surface area contributed by atoms with Crippen molar-refractivity contribution in [3.05, 3.63) is 42.5 Å². The molecular formula is C18H26N8O. The lowest BCUT2D eigenvalue weighted by Crippen LogP contribution is -2.52. The molecule has 27 heavy (non-hydrogen) atoms. The van der Waals surface area contributed by atoms with Crippen molar-refractivity contribution in [1.29, 1.82) is 0 Å². The van der Waals surface area contributed by atoms with E-state index in [4.69, 9.17) is 0 Å². The van der Waals surface area contributed by atoms with Gasteiger partial charge in [-0.1, -0.05) is 18.2 Å². The van der Waals surface area contributed by atoms with Crippen molar-refractivity contribution >= 4 is 17.6 Å². The van der Waals surface area contributed by atoms with Crippen LogP contribution in [-0.4, -0.2) is 71.3 Å². The van der Waals surface area contributed by atoms with Gasteiger partial charge in [0.25, 0.3) is 0 Å². The van der Waals surface area contributed by atoms with E-state index in [1.165, 1.54) is 12.0 Å². The second-order valence-corrected chi connectivity index (χ2v) is 6.28. The van der Waals surface area contributed by atoms with Gasteiger partial charge >= 0.3 is 0 Å². The summed E-state index contributed by atoms with van der Waals surface area (Å²) >= 11 is 0. The van der Waals surface area contributed by atoms with Crippen molar-refractivity contribution in [1.82, 2.24) is 30.3 Å². The van der Waals surface area contributed by atoms with E-state index in [2.05, 4.69) is 42.7 Å². The summed E-state index contributed by atoms with van der Waals surface area (Å²) in [6.45, 7) is 3.83. The monoisotopic (exact) mass is 370 g/mol. The van der Waals surface area contributed by atoms with E-state index in [0.717, 1.165) is 32.0 Å². The van der Waals surface area contributed by atoms with Crippen molar-refractivity contribution in [3.63, 3.8) is 0 Å². The number of benzene rings is 1. The maximum absolute atomic E-state index is 12.5. The molecule has 0 bridgehead atoms. The van der Waals surface area contributed by atoms with E-state index in [0.29, 0.717) is 12.5 Å². The molecule has 0 aliphatic carbocycles. The van der Waals surface area contributed by atoms with Crippen LogP contribution in [0.3, 0.4) is 0 Å². The molecule has 0 atom stereocenters. The third-order valence-corrected chi connectivity index (χ3v) is 4.60. The maximum atomic E-state index is 12.5. The Labute approximate surface area is 159 Å². The van der Waals surface area contributed by atoms with Crippen LogP contribution in [0.4, 0.5) is 5.69 Å². The number of anilines is 1. The second-order valence-electron chi connectivity index (χ2n) is 6.28. The summed E-state index contributed by atoms with van der Waals surface area (Å²) in [4.78, 5) is 25.0. The lowest BCUT2D eigenvalue weighted by Gasteiger charge is -2.36. The van der Waals surface area contributed by atoms with Crippen molar-refractivity contribution in [2.45, 2.75) is 6.54 Å². The number of piperazine rings is 1. The first kappa shape index (κ1) is 18.7. The number of carbonyl (C=O) groups is 1. The molecule has 0 saturated carbocycles. The molecular weight excluding hydrogens is 344 g/mol. The van der Waals surface area contributed by atoms with Gasteiger partial charge in [-0.25, -0.2) is 4.98 Å². The molecule has 144 valence electrons. The minimum absolute atomic E-state index is 0.0734. The smallest absolute Gasteiger partial charge is 0.242 e. The van der Waals surface area contributed by atoms with Crippen molar-refractivity contribution in [3.8, 4) is 0 Å². The molecule has 1 saturated heterocycles. The average Bonchev–Trinajstić information content (AvgIpc) is 3.13. The zero-order valence-electron chi connectivity index (χ0n) is 15.8. The number of para-hydroxylation sites is 1. The topological polar surface area (TPSA) is 90.7 Å². The molecule has 2 aromatic rings. The molecule has 2 heterocycles. The third-order valence-electron chi connectivity index (χ3n) is 4.60. The van der Waals surface area contributed by atoms with Crippen LogP contribution in [0.1, 0.15) is 5.82 Å². The highest BCUT2D eigenvalue weighted by atomic mass is 16.2. The van der Waals surface area contributed by atoms with Crippen LogP contribution in [0.15, 0.2) is 41.7 Å². The lowest BCUT2D eigenvalue weighted by molar-refractivity contribution is -0.130. The molecule has 0 spiro atoms. The van der Waals surface area contributed by atoms with Crippen molar-refractivity contribution in [2.75, 3.05) is 44.7 Å². The van der Waals surface area contributed by atoms with Crippen LogP contribution >= 0.6 is 0 Å². The maximum Gasteiger partial charge on any atom is 0.242 e. The normalized spacial score (nSPS) is 15.0. The number of aromatic nitrogens is 3. The number of nitrogens with zero attached hydrogens (tertiary/aromatic N) is 6. The van der Waals surface area contributed by atoms with E-state index >= 15 is 0 Å². The van der Waals surface area contributed by atoms with E-state index < -0.39 is 0 Å². The first-order valence-electron chi connectivity index (χ1n) is 9.02. The van der Waals surface area contributed by atoms with Gasteiger partial charge in [0, 0.05) is 46.0 Å². The van der Waals surface area contributed by atoms with Gasteiger partial charge in [-0.15, -0.1) is 0 Å². The van der Waals surface area contributed by atoms with E-state index in [-0.39, 0.29) is 12.5 Å². The zero-order valence-corrected chi connectivity index (χ0v) is 15.8. The summed E-state index contributed by atoms with van der Waals surface area (Å²) in [5, 5.41) is 10.2. The van der Waals surface area contributed by atoms with Gasteiger partial charge in [-0.2, -0.15) is 5.10 Å². The van der Waals surface area contributed by atoms with Gasteiger partial charge in [0.05, 0.1) is 13.1 Å². The fourth-order valence-corrected chi connectivity index (χ4v) is 2.99. The molecule has 1 aromatic heterocycles. The van der Waals surface area contributed by atoms with Gasteiger partial charge in [0.15, 0.2) is 5.96 Å². The van der Waals surface area contributed by atoms with E-state index in [1.807, 2.05) is 30.1 Å². The van der Waals surface area contributed by atoms with E-state index in [9.17, 15) is 4.79 Å². The van der Waals surface area contributed by atoms with E-state index in [1.54, 1.807) is 11.7 Å². The van der Waals surface area contributed by atoms with Crippen LogP contribution < -0.4 is 15.5 Å². The first-order valence-corrected chi connectivity index (χ1v) is 9.02. The largest absolute Gasteiger partial charge is 0.368 e. The Morgan fingerprint density at radius 3 is 2.52 bits per heavy atom. The summed E-state index contributed by atoms with van der Waals surface area (Å²) in [6.07, 6.45) is 1.51. The number of rotatable bonds is 5. The molecule has 3 rings (SSSR count). The Morgan fingerprint density at radius 2 is 1.89 bits per heavy atom.